The van der Waals surface area contributed by atoms with Gasteiger partial charge in [-0.15, -0.1) is 0 Å². The van der Waals surface area contributed by atoms with Crippen molar-refractivity contribution in [3.8, 4) is 0 Å². The lowest BCUT2D eigenvalue weighted by Crippen LogP contribution is -2.53. The maximum absolute atomic E-state index is 11.8. The first-order valence-electron chi connectivity index (χ1n) is 7.32. The van der Waals surface area contributed by atoms with Gasteiger partial charge in [-0.3, -0.25) is 4.79 Å². The molecule has 3 fully saturated rings. The van der Waals surface area contributed by atoms with Gasteiger partial charge in [0.2, 0.25) is 0 Å². The molecule has 1 heterocycles. The average Bonchev–Trinajstić information content (AvgIpc) is 2.60. The zero-order valence-electron chi connectivity index (χ0n) is 11.6. The lowest BCUT2D eigenvalue weighted by molar-refractivity contribution is -0.159. The Morgan fingerprint density at radius 1 is 1.28 bits per heavy atom. The molecule has 1 aliphatic heterocycles. The number of rotatable bonds is 0. The lowest BCUT2D eigenvalue weighted by atomic mass is 9.53. The summed E-state index contributed by atoms with van der Waals surface area (Å²) in [7, 11) is 0. The van der Waals surface area contributed by atoms with Crippen LogP contribution in [0.15, 0.2) is 0 Å². The first-order valence-corrected chi connectivity index (χ1v) is 7.32. The summed E-state index contributed by atoms with van der Waals surface area (Å²) in [5.74, 6) is 0.985. The van der Waals surface area contributed by atoms with Gasteiger partial charge in [-0.05, 0) is 37.0 Å². The highest BCUT2D eigenvalue weighted by atomic mass is 16.6. The molecule has 0 aromatic carbocycles. The van der Waals surface area contributed by atoms with Gasteiger partial charge >= 0.3 is 5.97 Å². The predicted octanol–water partition coefficient (Wildman–Crippen LogP) is 2.37. The average molecular weight is 252 g/mol. The van der Waals surface area contributed by atoms with Crippen LogP contribution in [-0.2, 0) is 9.53 Å². The molecule has 0 spiro atoms. The van der Waals surface area contributed by atoms with E-state index in [1.54, 1.807) is 0 Å². The van der Waals surface area contributed by atoms with Gasteiger partial charge < -0.3 is 9.84 Å². The first-order chi connectivity index (χ1) is 8.44. The van der Waals surface area contributed by atoms with E-state index in [1.807, 2.05) is 6.92 Å². The van der Waals surface area contributed by atoms with Crippen LogP contribution < -0.4 is 0 Å². The molecule has 0 unspecified atom stereocenters. The maximum Gasteiger partial charge on any atom is 0.309 e. The summed E-state index contributed by atoms with van der Waals surface area (Å²) in [6, 6.07) is 0. The Labute approximate surface area is 109 Å². The quantitative estimate of drug-likeness (QED) is 0.673. The van der Waals surface area contributed by atoms with Crippen molar-refractivity contribution in [3.63, 3.8) is 0 Å². The molecular weight excluding hydrogens is 228 g/mol. The molecule has 3 aliphatic rings. The van der Waals surface area contributed by atoms with Gasteiger partial charge in [0.1, 0.15) is 6.10 Å². The molecular formula is C15H24O3. The SMILES string of the molecule is C[C@@H]1[C@H]2[C@H]3OC(=O)[C@@H](C)[C@@H]3CC[C@@]2(C)CC[C@H]1O. The lowest BCUT2D eigenvalue weighted by Gasteiger charge is -2.53. The molecule has 102 valence electrons. The van der Waals surface area contributed by atoms with Gasteiger partial charge in [0.05, 0.1) is 12.0 Å². The summed E-state index contributed by atoms with van der Waals surface area (Å²) in [5.41, 5.74) is 0.254. The van der Waals surface area contributed by atoms with Gasteiger partial charge in [-0.2, -0.15) is 0 Å². The Balaban J connectivity index is 1.93. The maximum atomic E-state index is 11.8. The topological polar surface area (TPSA) is 46.5 Å². The number of aliphatic hydroxyl groups excluding tert-OH is 1. The van der Waals surface area contributed by atoms with Gasteiger partial charge in [0.25, 0.3) is 0 Å². The second kappa shape index (κ2) is 3.96. The smallest absolute Gasteiger partial charge is 0.309 e. The van der Waals surface area contributed by atoms with Crippen LogP contribution in [0.1, 0.15) is 46.5 Å². The van der Waals surface area contributed by atoms with Crippen molar-refractivity contribution in [1.29, 1.82) is 0 Å². The number of carbonyl (C=O) groups is 1. The minimum absolute atomic E-state index is 0.0264. The summed E-state index contributed by atoms with van der Waals surface area (Å²) in [4.78, 5) is 11.8. The van der Waals surface area contributed by atoms with Crippen LogP contribution in [0.4, 0.5) is 0 Å². The Bertz CT molecular complexity index is 367. The predicted molar refractivity (Wildman–Crippen MR) is 67.8 cm³/mol. The van der Waals surface area contributed by atoms with Gasteiger partial charge in [-0.25, -0.2) is 0 Å². The third-order valence-electron chi connectivity index (χ3n) is 6.08. The number of hydrogen-bond acceptors (Lipinski definition) is 3. The van der Waals surface area contributed by atoms with Crippen LogP contribution in [0, 0.1) is 29.1 Å². The van der Waals surface area contributed by atoms with Crippen LogP contribution in [0.5, 0.6) is 0 Å². The fraction of sp³-hybridized carbons (Fsp3) is 0.933. The summed E-state index contributed by atoms with van der Waals surface area (Å²) in [5, 5.41) is 10.1. The zero-order valence-corrected chi connectivity index (χ0v) is 11.6. The molecule has 7 atom stereocenters. The van der Waals surface area contributed by atoms with E-state index in [0.29, 0.717) is 11.8 Å². The van der Waals surface area contributed by atoms with Crippen LogP contribution in [0.25, 0.3) is 0 Å². The third-order valence-corrected chi connectivity index (χ3v) is 6.08. The third kappa shape index (κ3) is 1.56. The van der Waals surface area contributed by atoms with E-state index >= 15 is 0 Å². The molecule has 0 amide bonds. The van der Waals surface area contributed by atoms with E-state index < -0.39 is 0 Å². The highest BCUT2D eigenvalue weighted by Gasteiger charge is 2.58. The molecule has 0 radical (unpaired) electrons. The zero-order chi connectivity index (χ0) is 13.1. The van der Waals surface area contributed by atoms with Gasteiger partial charge in [-0.1, -0.05) is 20.8 Å². The van der Waals surface area contributed by atoms with E-state index in [0.717, 1.165) is 19.3 Å². The highest BCUT2D eigenvalue weighted by molar-refractivity contribution is 5.75. The number of aliphatic hydroxyl groups is 1. The second-order valence-electron chi connectivity index (χ2n) is 7.04. The number of esters is 1. The standard InChI is InChI=1S/C15H24O3/c1-8-10-4-6-15(3)7-5-11(16)9(2)12(15)13(10)18-14(8)17/h8-13,16H,4-7H2,1-3H3/t8-,9-,10-,11+,12-,13-,15-/m0/s1. The molecule has 3 rings (SSSR count). The van der Waals surface area contributed by atoms with Crippen molar-refractivity contribution in [2.45, 2.75) is 58.7 Å². The molecule has 18 heavy (non-hydrogen) atoms. The van der Waals surface area contributed by atoms with Gasteiger partial charge in [0, 0.05) is 11.8 Å². The van der Waals surface area contributed by atoms with Gasteiger partial charge in [0.15, 0.2) is 0 Å². The molecule has 2 saturated carbocycles. The van der Waals surface area contributed by atoms with Crippen LogP contribution >= 0.6 is 0 Å². The molecule has 0 aromatic heterocycles. The summed E-state index contributed by atoms with van der Waals surface area (Å²) < 4.78 is 5.68. The number of hydrogen-bond donors (Lipinski definition) is 1. The van der Waals surface area contributed by atoms with Crippen molar-refractivity contribution in [1.82, 2.24) is 0 Å². The Hall–Kier alpha value is -0.570. The minimum atomic E-state index is -0.226. The molecule has 1 saturated heterocycles. The van der Waals surface area contributed by atoms with Crippen molar-refractivity contribution in [3.05, 3.63) is 0 Å². The number of carbonyl (C=O) groups excluding carboxylic acids is 1. The minimum Gasteiger partial charge on any atom is -0.462 e. The highest BCUT2D eigenvalue weighted by Crippen LogP contribution is 2.57. The number of ether oxygens (including phenoxy) is 1. The summed E-state index contributed by atoms with van der Waals surface area (Å²) in [6.45, 7) is 6.46. The van der Waals surface area contributed by atoms with E-state index in [2.05, 4.69) is 13.8 Å². The summed E-state index contributed by atoms with van der Waals surface area (Å²) >= 11 is 0. The van der Waals surface area contributed by atoms with Crippen LogP contribution in [0.2, 0.25) is 0 Å². The van der Waals surface area contributed by atoms with Crippen molar-refractivity contribution in [2.24, 2.45) is 29.1 Å². The molecule has 0 bridgehead atoms. The Morgan fingerprint density at radius 3 is 2.67 bits per heavy atom. The molecule has 3 nitrogen and oxygen atoms in total. The fourth-order valence-corrected chi connectivity index (χ4v) is 4.81. The fourth-order valence-electron chi connectivity index (χ4n) is 4.81. The molecule has 1 N–H and O–H groups in total. The Kier molecular flexibility index (Phi) is 2.74. The van der Waals surface area contributed by atoms with Crippen molar-refractivity contribution >= 4 is 5.97 Å². The van der Waals surface area contributed by atoms with E-state index in [9.17, 15) is 9.90 Å². The number of fused-ring (bicyclic) bond motifs is 3. The Morgan fingerprint density at radius 2 is 1.94 bits per heavy atom. The van der Waals surface area contributed by atoms with Crippen molar-refractivity contribution in [2.75, 3.05) is 0 Å². The normalized spacial score (nSPS) is 55.7. The molecule has 2 aliphatic carbocycles. The van der Waals surface area contributed by atoms with Crippen molar-refractivity contribution < 1.29 is 14.6 Å². The molecule has 3 heteroatoms. The van der Waals surface area contributed by atoms with E-state index in [1.165, 1.54) is 6.42 Å². The summed E-state index contributed by atoms with van der Waals surface area (Å²) in [6.07, 6.45) is 4.07. The monoisotopic (exact) mass is 252 g/mol. The first kappa shape index (κ1) is 12.5. The van der Waals surface area contributed by atoms with E-state index in [4.69, 9.17) is 4.74 Å². The van der Waals surface area contributed by atoms with Crippen LogP contribution in [-0.4, -0.2) is 23.3 Å². The second-order valence-corrected chi connectivity index (χ2v) is 7.04. The van der Waals surface area contributed by atoms with Crippen LogP contribution in [0.3, 0.4) is 0 Å². The van der Waals surface area contributed by atoms with E-state index in [-0.39, 0.29) is 35.4 Å². The molecule has 0 aromatic rings. The largest absolute Gasteiger partial charge is 0.462 e.